The third-order valence-corrected chi connectivity index (χ3v) is 3.19. The van der Waals surface area contributed by atoms with Crippen molar-refractivity contribution >= 4 is 23.0 Å². The monoisotopic (exact) mass is 261 g/mol. The fourth-order valence-corrected chi connectivity index (χ4v) is 1.94. The second-order valence-electron chi connectivity index (χ2n) is 4.67. The first-order chi connectivity index (χ1) is 9.11. The Morgan fingerprint density at radius 2 is 2.21 bits per heavy atom. The average Bonchev–Trinajstić information content (AvgIpc) is 2.73. The number of hydrogen-bond acceptors (Lipinski definition) is 3. The second kappa shape index (κ2) is 5.73. The topological polar surface area (TPSA) is 67.2 Å². The van der Waals surface area contributed by atoms with Crippen molar-refractivity contribution in [1.82, 2.24) is 9.55 Å². The standard InChI is InChI=1S/C14H19N3O2/c1-3-10(2)15-14-16-11-6-4-5-7-12(11)17(14)9-8-13(18)19/h4-7,10H,3,8-9H2,1-2H3,(H,15,16)(H,18,19). The fourth-order valence-electron chi connectivity index (χ4n) is 1.94. The lowest BCUT2D eigenvalue weighted by molar-refractivity contribution is -0.137. The number of carboxylic acid groups (broad SMARTS) is 1. The van der Waals surface area contributed by atoms with Gasteiger partial charge in [0, 0.05) is 12.6 Å². The molecule has 5 nitrogen and oxygen atoms in total. The van der Waals surface area contributed by atoms with Gasteiger partial charge in [-0.2, -0.15) is 0 Å². The number of aryl methyl sites for hydroxylation is 1. The average molecular weight is 261 g/mol. The van der Waals surface area contributed by atoms with Crippen LogP contribution < -0.4 is 5.32 Å². The first-order valence-electron chi connectivity index (χ1n) is 6.55. The number of carboxylic acids is 1. The van der Waals surface area contributed by atoms with Gasteiger partial charge < -0.3 is 15.0 Å². The minimum absolute atomic E-state index is 0.0928. The van der Waals surface area contributed by atoms with Crippen LogP contribution in [0.1, 0.15) is 26.7 Å². The van der Waals surface area contributed by atoms with Crippen LogP contribution in [0.25, 0.3) is 11.0 Å². The van der Waals surface area contributed by atoms with Crippen molar-refractivity contribution in [1.29, 1.82) is 0 Å². The molecular weight excluding hydrogens is 242 g/mol. The van der Waals surface area contributed by atoms with Crippen molar-refractivity contribution in [2.75, 3.05) is 5.32 Å². The van der Waals surface area contributed by atoms with Gasteiger partial charge >= 0.3 is 5.97 Å². The van der Waals surface area contributed by atoms with Crippen LogP contribution in [0.2, 0.25) is 0 Å². The molecular formula is C14H19N3O2. The highest BCUT2D eigenvalue weighted by molar-refractivity contribution is 5.79. The number of rotatable bonds is 6. The highest BCUT2D eigenvalue weighted by Crippen LogP contribution is 2.20. The van der Waals surface area contributed by atoms with E-state index >= 15 is 0 Å². The number of para-hydroxylation sites is 2. The highest BCUT2D eigenvalue weighted by atomic mass is 16.4. The molecule has 2 aromatic rings. The van der Waals surface area contributed by atoms with Crippen LogP contribution in [0.4, 0.5) is 5.95 Å². The number of carbonyl (C=O) groups is 1. The van der Waals surface area contributed by atoms with E-state index in [0.717, 1.165) is 23.4 Å². The molecule has 2 rings (SSSR count). The Bertz CT molecular complexity index is 577. The highest BCUT2D eigenvalue weighted by Gasteiger charge is 2.12. The number of benzene rings is 1. The van der Waals surface area contributed by atoms with Gasteiger partial charge in [-0.15, -0.1) is 0 Å². The summed E-state index contributed by atoms with van der Waals surface area (Å²) in [5.41, 5.74) is 1.85. The van der Waals surface area contributed by atoms with E-state index in [9.17, 15) is 4.79 Å². The van der Waals surface area contributed by atoms with E-state index in [1.165, 1.54) is 0 Å². The number of fused-ring (bicyclic) bond motifs is 1. The molecule has 0 aliphatic rings. The van der Waals surface area contributed by atoms with Crippen LogP contribution >= 0.6 is 0 Å². The summed E-state index contributed by atoms with van der Waals surface area (Å²) in [6.45, 7) is 4.61. The first kappa shape index (κ1) is 13.4. The van der Waals surface area contributed by atoms with Crippen molar-refractivity contribution in [3.63, 3.8) is 0 Å². The third kappa shape index (κ3) is 3.05. The molecule has 1 aromatic carbocycles. The van der Waals surface area contributed by atoms with Gasteiger partial charge in [0.2, 0.25) is 5.95 Å². The largest absolute Gasteiger partial charge is 0.481 e. The van der Waals surface area contributed by atoms with Gasteiger partial charge in [0.15, 0.2) is 0 Å². The zero-order valence-electron chi connectivity index (χ0n) is 11.3. The Morgan fingerprint density at radius 3 is 2.89 bits per heavy atom. The first-order valence-corrected chi connectivity index (χ1v) is 6.55. The van der Waals surface area contributed by atoms with E-state index in [1.54, 1.807) is 0 Å². The minimum Gasteiger partial charge on any atom is -0.481 e. The van der Waals surface area contributed by atoms with Gasteiger partial charge in [0.05, 0.1) is 17.5 Å². The van der Waals surface area contributed by atoms with Crippen LogP contribution in [-0.4, -0.2) is 26.7 Å². The number of nitrogens with one attached hydrogen (secondary N) is 1. The van der Waals surface area contributed by atoms with E-state index in [2.05, 4.69) is 24.1 Å². The summed E-state index contributed by atoms with van der Waals surface area (Å²) in [7, 11) is 0. The van der Waals surface area contributed by atoms with Gasteiger partial charge in [0.25, 0.3) is 0 Å². The number of aromatic nitrogens is 2. The van der Waals surface area contributed by atoms with E-state index in [-0.39, 0.29) is 6.42 Å². The molecule has 0 aliphatic carbocycles. The summed E-state index contributed by atoms with van der Waals surface area (Å²) in [5.74, 6) is -0.0518. The van der Waals surface area contributed by atoms with Crippen molar-refractivity contribution in [3.8, 4) is 0 Å². The molecule has 0 bridgehead atoms. The van der Waals surface area contributed by atoms with Gasteiger partial charge in [-0.25, -0.2) is 4.98 Å². The Balaban J connectivity index is 2.36. The molecule has 0 amide bonds. The molecule has 102 valence electrons. The lowest BCUT2D eigenvalue weighted by Gasteiger charge is -2.14. The van der Waals surface area contributed by atoms with Gasteiger partial charge in [-0.05, 0) is 25.5 Å². The zero-order valence-corrected chi connectivity index (χ0v) is 11.3. The molecule has 0 aliphatic heterocycles. The number of nitrogens with zero attached hydrogens (tertiary/aromatic N) is 2. The lowest BCUT2D eigenvalue weighted by Crippen LogP contribution is -2.18. The van der Waals surface area contributed by atoms with Crippen LogP contribution in [0, 0.1) is 0 Å². The summed E-state index contributed by atoms with van der Waals surface area (Å²) < 4.78 is 1.94. The van der Waals surface area contributed by atoms with Crippen molar-refractivity contribution in [3.05, 3.63) is 24.3 Å². The van der Waals surface area contributed by atoms with E-state index in [4.69, 9.17) is 5.11 Å². The van der Waals surface area contributed by atoms with E-state index in [0.29, 0.717) is 12.6 Å². The second-order valence-corrected chi connectivity index (χ2v) is 4.67. The molecule has 0 spiro atoms. The Kier molecular flexibility index (Phi) is 4.04. The quantitative estimate of drug-likeness (QED) is 0.839. The minimum atomic E-state index is -0.799. The third-order valence-electron chi connectivity index (χ3n) is 3.19. The zero-order chi connectivity index (χ0) is 13.8. The van der Waals surface area contributed by atoms with Crippen LogP contribution in [-0.2, 0) is 11.3 Å². The van der Waals surface area contributed by atoms with Gasteiger partial charge in [0.1, 0.15) is 0 Å². The Labute approximate surface area is 112 Å². The molecule has 2 N–H and O–H groups in total. The molecule has 0 fully saturated rings. The van der Waals surface area contributed by atoms with E-state index in [1.807, 2.05) is 28.8 Å². The maximum atomic E-state index is 10.8. The van der Waals surface area contributed by atoms with Gasteiger partial charge in [-0.1, -0.05) is 19.1 Å². The summed E-state index contributed by atoms with van der Waals surface area (Å²) in [4.78, 5) is 15.3. The molecule has 1 unspecified atom stereocenters. The Hall–Kier alpha value is -2.04. The molecule has 19 heavy (non-hydrogen) atoms. The molecule has 1 atom stereocenters. The smallest absolute Gasteiger partial charge is 0.305 e. The molecule has 0 radical (unpaired) electrons. The van der Waals surface area contributed by atoms with E-state index < -0.39 is 5.97 Å². The number of anilines is 1. The molecule has 0 saturated carbocycles. The predicted molar refractivity (Wildman–Crippen MR) is 75.4 cm³/mol. The molecule has 1 heterocycles. The maximum absolute atomic E-state index is 10.8. The normalized spacial score (nSPS) is 12.5. The lowest BCUT2D eigenvalue weighted by atomic mass is 10.3. The summed E-state index contributed by atoms with van der Waals surface area (Å²) >= 11 is 0. The predicted octanol–water partition coefficient (Wildman–Crippen LogP) is 2.72. The van der Waals surface area contributed by atoms with Gasteiger partial charge in [-0.3, -0.25) is 4.79 Å². The van der Waals surface area contributed by atoms with Crippen LogP contribution in [0.5, 0.6) is 0 Å². The van der Waals surface area contributed by atoms with Crippen LogP contribution in [0.15, 0.2) is 24.3 Å². The summed E-state index contributed by atoms with van der Waals surface area (Å²) in [6, 6.07) is 8.08. The van der Waals surface area contributed by atoms with Crippen molar-refractivity contribution in [2.24, 2.45) is 0 Å². The van der Waals surface area contributed by atoms with Crippen molar-refractivity contribution < 1.29 is 9.90 Å². The molecule has 0 saturated heterocycles. The number of aliphatic carboxylic acids is 1. The fraction of sp³-hybridized carbons (Fsp3) is 0.429. The summed E-state index contributed by atoms with van der Waals surface area (Å²) in [5, 5.41) is 12.2. The SMILES string of the molecule is CCC(C)Nc1nc2ccccc2n1CCC(=O)O. The Morgan fingerprint density at radius 1 is 1.47 bits per heavy atom. The number of imidazole rings is 1. The summed E-state index contributed by atoms with van der Waals surface area (Å²) in [6.07, 6.45) is 1.08. The number of hydrogen-bond donors (Lipinski definition) is 2. The maximum Gasteiger partial charge on any atom is 0.305 e. The molecule has 5 heteroatoms. The van der Waals surface area contributed by atoms with Crippen LogP contribution in [0.3, 0.4) is 0 Å². The van der Waals surface area contributed by atoms with Crippen molar-refractivity contribution in [2.45, 2.75) is 39.3 Å². The molecule has 1 aromatic heterocycles.